The Kier molecular flexibility index (Phi) is 4.20. The third-order valence-corrected chi connectivity index (χ3v) is 5.00. The summed E-state index contributed by atoms with van der Waals surface area (Å²) < 4.78 is 5.35. The van der Waals surface area contributed by atoms with Crippen LogP contribution in [0.15, 0.2) is 47.4 Å². The summed E-state index contributed by atoms with van der Waals surface area (Å²) in [7, 11) is 1.66. The van der Waals surface area contributed by atoms with E-state index in [0.717, 1.165) is 29.7 Å². The number of rotatable bonds is 3. The molecule has 1 heterocycles. The summed E-state index contributed by atoms with van der Waals surface area (Å²) in [5, 5.41) is 2.08. The molecule has 0 N–H and O–H groups in total. The molecule has 1 saturated carbocycles. The first-order valence-corrected chi connectivity index (χ1v) is 8.06. The van der Waals surface area contributed by atoms with Crippen LogP contribution >= 0.6 is 11.3 Å². The maximum atomic E-state index is 12.4. The lowest BCUT2D eigenvalue weighted by atomic mass is 9.83. The molecule has 2 nitrogen and oxygen atoms in total. The number of carbonyl (C=O) groups is 1. The summed E-state index contributed by atoms with van der Waals surface area (Å²) in [4.78, 5) is 13.7. The number of Topliss-reactive ketones (excluding diaryl/α,β-unsaturated/α-hetero) is 1. The van der Waals surface area contributed by atoms with E-state index >= 15 is 0 Å². The van der Waals surface area contributed by atoms with Gasteiger partial charge >= 0.3 is 0 Å². The number of hydrogen-bond acceptors (Lipinski definition) is 3. The van der Waals surface area contributed by atoms with Gasteiger partial charge in [-0.25, -0.2) is 0 Å². The fraction of sp³-hybridized carbons (Fsp3) is 0.278. The summed E-state index contributed by atoms with van der Waals surface area (Å²) in [5.74, 6) is 1.48. The Morgan fingerprint density at radius 2 is 2.10 bits per heavy atom. The summed E-state index contributed by atoms with van der Waals surface area (Å²) in [6.45, 7) is 0. The lowest BCUT2D eigenvalue weighted by molar-refractivity contribution is -0.116. The van der Waals surface area contributed by atoms with Gasteiger partial charge in [0.2, 0.25) is 0 Å². The molecule has 1 aromatic heterocycles. The van der Waals surface area contributed by atoms with Crippen LogP contribution in [0.25, 0.3) is 6.08 Å². The molecule has 1 aliphatic carbocycles. The number of thiophene rings is 1. The van der Waals surface area contributed by atoms with E-state index in [2.05, 4.69) is 17.5 Å². The fourth-order valence-corrected chi connectivity index (χ4v) is 3.68. The van der Waals surface area contributed by atoms with Crippen molar-refractivity contribution in [2.75, 3.05) is 7.11 Å². The van der Waals surface area contributed by atoms with Crippen LogP contribution in [0.2, 0.25) is 0 Å². The molecule has 0 bridgehead atoms. The zero-order chi connectivity index (χ0) is 14.7. The van der Waals surface area contributed by atoms with Crippen LogP contribution in [0.3, 0.4) is 0 Å². The van der Waals surface area contributed by atoms with Crippen molar-refractivity contribution in [1.82, 2.24) is 0 Å². The van der Waals surface area contributed by atoms with Gasteiger partial charge in [0.1, 0.15) is 5.75 Å². The Hall–Kier alpha value is -1.87. The monoisotopic (exact) mass is 298 g/mol. The number of ketones is 1. The van der Waals surface area contributed by atoms with Crippen LogP contribution in [-0.4, -0.2) is 12.9 Å². The second-order valence-electron chi connectivity index (χ2n) is 5.29. The summed E-state index contributed by atoms with van der Waals surface area (Å²) in [6.07, 6.45) is 4.51. The van der Waals surface area contributed by atoms with E-state index < -0.39 is 0 Å². The third-order valence-electron chi connectivity index (χ3n) is 3.97. The number of methoxy groups -OCH3 is 1. The molecule has 0 saturated heterocycles. The molecule has 1 aromatic carbocycles. The molecule has 0 spiro atoms. The molecule has 1 atom stereocenters. The van der Waals surface area contributed by atoms with E-state index in [-0.39, 0.29) is 5.78 Å². The van der Waals surface area contributed by atoms with Gasteiger partial charge in [0.05, 0.1) is 7.11 Å². The van der Waals surface area contributed by atoms with Crippen LogP contribution < -0.4 is 4.74 Å². The standard InChI is InChI=1S/C18H18O2S/c1-20-17-6-3-2-5-14(17)11-13-8-9-15(12-16(13)19)18-7-4-10-21-18/h2-7,10-11,15H,8-9,12H2,1H3/b13-11+. The number of hydrogen-bond donors (Lipinski definition) is 0. The Morgan fingerprint density at radius 3 is 2.81 bits per heavy atom. The number of allylic oxidation sites excluding steroid dienone is 1. The molecule has 0 radical (unpaired) electrons. The van der Waals surface area contributed by atoms with Crippen molar-refractivity contribution >= 4 is 23.2 Å². The lowest BCUT2D eigenvalue weighted by Gasteiger charge is -2.22. The maximum absolute atomic E-state index is 12.4. The van der Waals surface area contributed by atoms with E-state index in [9.17, 15) is 4.79 Å². The highest BCUT2D eigenvalue weighted by Gasteiger charge is 2.25. The zero-order valence-electron chi connectivity index (χ0n) is 12.0. The van der Waals surface area contributed by atoms with Crippen molar-refractivity contribution in [3.63, 3.8) is 0 Å². The van der Waals surface area contributed by atoms with E-state index in [1.165, 1.54) is 4.88 Å². The molecule has 21 heavy (non-hydrogen) atoms. The van der Waals surface area contributed by atoms with E-state index in [4.69, 9.17) is 4.74 Å². The Labute approximate surface area is 129 Å². The molecule has 2 aromatic rings. The molecule has 1 fully saturated rings. The molecule has 3 heteroatoms. The van der Waals surface area contributed by atoms with Crippen molar-refractivity contribution < 1.29 is 9.53 Å². The predicted octanol–water partition coefficient (Wildman–Crippen LogP) is 4.68. The van der Waals surface area contributed by atoms with Crippen LogP contribution in [0, 0.1) is 0 Å². The van der Waals surface area contributed by atoms with E-state index in [1.807, 2.05) is 30.3 Å². The Morgan fingerprint density at radius 1 is 1.24 bits per heavy atom. The van der Waals surface area contributed by atoms with E-state index in [0.29, 0.717) is 12.3 Å². The molecule has 0 amide bonds. The van der Waals surface area contributed by atoms with Gasteiger partial charge in [-0.2, -0.15) is 0 Å². The number of carbonyl (C=O) groups excluding carboxylic acids is 1. The number of para-hydroxylation sites is 1. The first-order chi connectivity index (χ1) is 10.3. The zero-order valence-corrected chi connectivity index (χ0v) is 12.9. The van der Waals surface area contributed by atoms with Gasteiger partial charge in [0, 0.05) is 22.8 Å². The second-order valence-corrected chi connectivity index (χ2v) is 6.27. The minimum Gasteiger partial charge on any atom is -0.496 e. The molecule has 1 aliphatic rings. The average Bonchev–Trinajstić information content (AvgIpc) is 3.04. The summed E-state index contributed by atoms with van der Waals surface area (Å²) in [5.41, 5.74) is 1.91. The highest BCUT2D eigenvalue weighted by molar-refractivity contribution is 7.10. The van der Waals surface area contributed by atoms with Crippen molar-refractivity contribution in [3.8, 4) is 5.75 Å². The molecule has 1 unspecified atom stereocenters. The smallest absolute Gasteiger partial charge is 0.159 e. The highest BCUT2D eigenvalue weighted by atomic mass is 32.1. The molecular weight excluding hydrogens is 280 g/mol. The van der Waals surface area contributed by atoms with Crippen LogP contribution in [-0.2, 0) is 4.79 Å². The quantitative estimate of drug-likeness (QED) is 0.769. The molecule has 0 aliphatic heterocycles. The third kappa shape index (κ3) is 3.08. The lowest BCUT2D eigenvalue weighted by Crippen LogP contribution is -2.15. The summed E-state index contributed by atoms with van der Waals surface area (Å²) >= 11 is 1.75. The molecule has 108 valence electrons. The van der Waals surface area contributed by atoms with Crippen LogP contribution in [0.5, 0.6) is 5.75 Å². The fourth-order valence-electron chi connectivity index (χ4n) is 2.82. The Bertz CT molecular complexity index is 656. The SMILES string of the molecule is COc1ccccc1/C=C1\CCC(c2cccs2)CC1=O. The van der Waals surface area contributed by atoms with Crippen molar-refractivity contribution in [1.29, 1.82) is 0 Å². The largest absolute Gasteiger partial charge is 0.496 e. The van der Waals surface area contributed by atoms with E-state index in [1.54, 1.807) is 18.4 Å². The van der Waals surface area contributed by atoms with Gasteiger partial charge < -0.3 is 4.74 Å². The Balaban J connectivity index is 1.79. The normalized spacial score (nSPS) is 20.7. The minimum atomic E-state index is 0.269. The van der Waals surface area contributed by atoms with Gasteiger partial charge in [-0.1, -0.05) is 24.3 Å². The number of ether oxygens (including phenoxy) is 1. The predicted molar refractivity (Wildman–Crippen MR) is 86.9 cm³/mol. The van der Waals surface area contributed by atoms with Crippen molar-refractivity contribution in [3.05, 3.63) is 57.8 Å². The highest BCUT2D eigenvalue weighted by Crippen LogP contribution is 2.36. The summed E-state index contributed by atoms with van der Waals surface area (Å²) in [6, 6.07) is 12.0. The van der Waals surface area contributed by atoms with Crippen LogP contribution in [0.1, 0.15) is 35.6 Å². The second kappa shape index (κ2) is 6.27. The van der Waals surface area contributed by atoms with Crippen molar-refractivity contribution in [2.24, 2.45) is 0 Å². The topological polar surface area (TPSA) is 26.3 Å². The van der Waals surface area contributed by atoms with Gasteiger partial charge in [0.15, 0.2) is 5.78 Å². The van der Waals surface area contributed by atoms with Gasteiger partial charge in [-0.15, -0.1) is 11.3 Å². The average molecular weight is 298 g/mol. The number of benzene rings is 1. The molecule has 3 rings (SSSR count). The van der Waals surface area contributed by atoms with Crippen molar-refractivity contribution in [2.45, 2.75) is 25.2 Å². The molecular formula is C18H18O2S. The first kappa shape index (κ1) is 14.1. The van der Waals surface area contributed by atoms with Crippen LogP contribution in [0.4, 0.5) is 0 Å². The first-order valence-electron chi connectivity index (χ1n) is 7.18. The van der Waals surface area contributed by atoms with Gasteiger partial charge in [-0.05, 0) is 42.0 Å². The minimum absolute atomic E-state index is 0.269. The van der Waals surface area contributed by atoms with Gasteiger partial charge in [-0.3, -0.25) is 4.79 Å². The maximum Gasteiger partial charge on any atom is 0.159 e. The van der Waals surface area contributed by atoms with Gasteiger partial charge in [0.25, 0.3) is 0 Å².